The number of hydrogen-bond acceptors (Lipinski definition) is 3. The lowest BCUT2D eigenvalue weighted by Gasteiger charge is -2.39. The third kappa shape index (κ3) is 1.79. The first-order valence-electron chi connectivity index (χ1n) is 4.75. The van der Waals surface area contributed by atoms with Crippen molar-refractivity contribution in [3.8, 4) is 0 Å². The Morgan fingerprint density at radius 1 is 1.42 bits per heavy atom. The average Bonchev–Trinajstić information content (AvgIpc) is 2.17. The number of aliphatic hydroxyl groups excluding tert-OH is 2. The minimum atomic E-state index is -0.343. The molecule has 0 aromatic heterocycles. The fourth-order valence-corrected chi connectivity index (χ4v) is 1.95. The van der Waals surface area contributed by atoms with Crippen LogP contribution >= 0.6 is 0 Å². The second kappa shape index (κ2) is 4.21. The second-order valence-electron chi connectivity index (χ2n) is 3.69. The smallest absolute Gasteiger partial charge is 0.0616 e. The van der Waals surface area contributed by atoms with Crippen LogP contribution in [0.3, 0.4) is 0 Å². The molecule has 0 radical (unpaired) electrons. The number of nitrogens with one attached hydrogen (secondary N) is 1. The lowest BCUT2D eigenvalue weighted by molar-refractivity contribution is -0.0394. The highest BCUT2D eigenvalue weighted by atomic mass is 16.3. The van der Waals surface area contributed by atoms with Crippen LogP contribution in [0.1, 0.15) is 26.2 Å². The lowest BCUT2D eigenvalue weighted by atomic mass is 9.74. The zero-order valence-electron chi connectivity index (χ0n) is 7.71. The highest BCUT2D eigenvalue weighted by Gasteiger charge is 2.37. The predicted molar refractivity (Wildman–Crippen MR) is 47.9 cm³/mol. The van der Waals surface area contributed by atoms with Crippen LogP contribution in [0.4, 0.5) is 0 Å². The molecule has 72 valence electrons. The van der Waals surface area contributed by atoms with Crippen LogP contribution in [0.15, 0.2) is 0 Å². The topological polar surface area (TPSA) is 52.5 Å². The normalized spacial score (nSPS) is 25.2. The largest absolute Gasteiger partial charge is 0.396 e. The van der Waals surface area contributed by atoms with Crippen molar-refractivity contribution < 1.29 is 10.2 Å². The summed E-state index contributed by atoms with van der Waals surface area (Å²) in [6, 6.07) is 0. The van der Waals surface area contributed by atoms with Gasteiger partial charge >= 0.3 is 0 Å². The minimum absolute atomic E-state index is 0.115. The van der Waals surface area contributed by atoms with Crippen LogP contribution in [0.25, 0.3) is 0 Å². The summed E-state index contributed by atoms with van der Waals surface area (Å²) in [6.45, 7) is 3.91. The van der Waals surface area contributed by atoms with Crippen molar-refractivity contribution >= 4 is 0 Å². The molecular weight excluding hydrogens is 154 g/mol. The van der Waals surface area contributed by atoms with Gasteiger partial charge in [0, 0.05) is 5.41 Å². The van der Waals surface area contributed by atoms with E-state index in [1.54, 1.807) is 0 Å². The number of aliphatic hydroxyl groups is 2. The van der Waals surface area contributed by atoms with Crippen molar-refractivity contribution in [3.63, 3.8) is 0 Å². The summed E-state index contributed by atoms with van der Waals surface area (Å²) in [7, 11) is 0. The van der Waals surface area contributed by atoms with Gasteiger partial charge in [-0.15, -0.1) is 0 Å². The Balaban J connectivity index is 2.59. The molecule has 0 bridgehead atoms. The lowest BCUT2D eigenvalue weighted by Crippen LogP contribution is -2.46. The van der Waals surface area contributed by atoms with Gasteiger partial charge in [0.15, 0.2) is 0 Å². The molecule has 0 amide bonds. The summed E-state index contributed by atoms with van der Waals surface area (Å²) >= 11 is 0. The zero-order chi connectivity index (χ0) is 9.03. The number of piperidine rings is 1. The van der Waals surface area contributed by atoms with E-state index < -0.39 is 0 Å². The Kier molecular flexibility index (Phi) is 3.50. The molecule has 0 saturated carbocycles. The van der Waals surface area contributed by atoms with Crippen LogP contribution in [-0.2, 0) is 0 Å². The van der Waals surface area contributed by atoms with Crippen molar-refractivity contribution in [2.45, 2.75) is 32.3 Å². The first-order valence-corrected chi connectivity index (χ1v) is 4.75. The molecule has 0 aromatic carbocycles. The fraction of sp³-hybridized carbons (Fsp3) is 1.00. The van der Waals surface area contributed by atoms with E-state index >= 15 is 0 Å². The van der Waals surface area contributed by atoms with Crippen LogP contribution in [0.5, 0.6) is 0 Å². The highest BCUT2D eigenvalue weighted by Crippen LogP contribution is 2.33. The number of rotatable bonds is 3. The molecule has 1 rings (SSSR count). The summed E-state index contributed by atoms with van der Waals surface area (Å²) in [4.78, 5) is 0. The molecule has 0 aromatic rings. The van der Waals surface area contributed by atoms with Gasteiger partial charge in [-0.3, -0.25) is 0 Å². The maximum Gasteiger partial charge on any atom is 0.0616 e. The van der Waals surface area contributed by atoms with E-state index in [0.717, 1.165) is 32.4 Å². The molecule has 12 heavy (non-hydrogen) atoms. The van der Waals surface area contributed by atoms with Gasteiger partial charge in [-0.25, -0.2) is 0 Å². The van der Waals surface area contributed by atoms with Gasteiger partial charge in [-0.1, -0.05) is 6.92 Å². The van der Waals surface area contributed by atoms with E-state index in [-0.39, 0.29) is 18.1 Å². The average molecular weight is 173 g/mol. The van der Waals surface area contributed by atoms with E-state index in [9.17, 15) is 10.2 Å². The summed E-state index contributed by atoms with van der Waals surface area (Å²) in [5.74, 6) is 0. The monoisotopic (exact) mass is 173 g/mol. The van der Waals surface area contributed by atoms with Crippen LogP contribution < -0.4 is 5.32 Å². The molecule has 1 aliphatic heterocycles. The summed E-state index contributed by atoms with van der Waals surface area (Å²) < 4.78 is 0. The Morgan fingerprint density at radius 3 is 2.42 bits per heavy atom. The van der Waals surface area contributed by atoms with Crippen molar-refractivity contribution in [2.24, 2.45) is 5.41 Å². The van der Waals surface area contributed by atoms with Gasteiger partial charge < -0.3 is 15.5 Å². The van der Waals surface area contributed by atoms with Crippen molar-refractivity contribution in [1.82, 2.24) is 5.32 Å². The predicted octanol–water partition coefficient (Wildman–Crippen LogP) is 0.119. The summed E-state index contributed by atoms with van der Waals surface area (Å²) in [5, 5.41) is 22.2. The van der Waals surface area contributed by atoms with Gasteiger partial charge in [-0.05, 0) is 32.4 Å². The minimum Gasteiger partial charge on any atom is -0.396 e. The van der Waals surface area contributed by atoms with E-state index in [1.165, 1.54) is 0 Å². The maximum absolute atomic E-state index is 9.75. The Labute approximate surface area is 73.8 Å². The van der Waals surface area contributed by atoms with E-state index in [2.05, 4.69) is 5.32 Å². The van der Waals surface area contributed by atoms with Gasteiger partial charge in [-0.2, -0.15) is 0 Å². The second-order valence-corrected chi connectivity index (χ2v) is 3.69. The molecule has 1 atom stereocenters. The Hall–Kier alpha value is -0.120. The number of hydrogen-bond donors (Lipinski definition) is 3. The van der Waals surface area contributed by atoms with E-state index in [4.69, 9.17) is 0 Å². The third-order valence-corrected chi connectivity index (χ3v) is 3.01. The van der Waals surface area contributed by atoms with Crippen molar-refractivity contribution in [2.75, 3.05) is 19.7 Å². The summed E-state index contributed by atoms with van der Waals surface area (Å²) in [6.07, 6.45) is 2.17. The molecule has 1 saturated heterocycles. The SMILES string of the molecule is CCC(O)C1(CO)CCNCC1. The van der Waals surface area contributed by atoms with Crippen molar-refractivity contribution in [1.29, 1.82) is 0 Å². The van der Waals surface area contributed by atoms with E-state index in [0.29, 0.717) is 0 Å². The molecule has 1 unspecified atom stereocenters. The fourth-order valence-electron chi connectivity index (χ4n) is 1.95. The maximum atomic E-state index is 9.75. The highest BCUT2D eigenvalue weighted by molar-refractivity contribution is 4.89. The van der Waals surface area contributed by atoms with Crippen LogP contribution in [0, 0.1) is 5.41 Å². The summed E-state index contributed by atoms with van der Waals surface area (Å²) in [5.41, 5.74) is -0.222. The molecular formula is C9H19NO2. The first kappa shape index (κ1) is 9.96. The van der Waals surface area contributed by atoms with Gasteiger partial charge in [0.2, 0.25) is 0 Å². The Bertz CT molecular complexity index is 132. The third-order valence-electron chi connectivity index (χ3n) is 3.01. The Morgan fingerprint density at radius 2 is 2.00 bits per heavy atom. The molecule has 3 nitrogen and oxygen atoms in total. The van der Waals surface area contributed by atoms with Gasteiger partial charge in [0.05, 0.1) is 12.7 Å². The van der Waals surface area contributed by atoms with Crippen LogP contribution in [0.2, 0.25) is 0 Å². The molecule has 1 aliphatic rings. The molecule has 3 heteroatoms. The van der Waals surface area contributed by atoms with Crippen LogP contribution in [-0.4, -0.2) is 36.0 Å². The van der Waals surface area contributed by atoms with Crippen molar-refractivity contribution in [3.05, 3.63) is 0 Å². The molecule has 0 spiro atoms. The molecule has 3 N–H and O–H groups in total. The standard InChI is InChI=1S/C9H19NO2/c1-2-8(12)9(7-11)3-5-10-6-4-9/h8,10-12H,2-7H2,1H3. The molecule has 1 fully saturated rings. The quantitative estimate of drug-likeness (QED) is 0.568. The first-order chi connectivity index (χ1) is 5.75. The van der Waals surface area contributed by atoms with Gasteiger partial charge in [0.25, 0.3) is 0 Å². The molecule has 0 aliphatic carbocycles. The molecule has 1 heterocycles. The van der Waals surface area contributed by atoms with Gasteiger partial charge in [0.1, 0.15) is 0 Å². The zero-order valence-corrected chi connectivity index (χ0v) is 7.71. The van der Waals surface area contributed by atoms with E-state index in [1.807, 2.05) is 6.92 Å².